The van der Waals surface area contributed by atoms with Crippen molar-refractivity contribution in [3.05, 3.63) is 0 Å². The summed E-state index contributed by atoms with van der Waals surface area (Å²) in [5.41, 5.74) is 4.85. The normalized spacial score (nSPS) is 21.1. The van der Waals surface area contributed by atoms with Gasteiger partial charge in [-0.25, -0.2) is 4.79 Å². The van der Waals surface area contributed by atoms with Gasteiger partial charge < -0.3 is 20.7 Å². The summed E-state index contributed by atoms with van der Waals surface area (Å²) in [5, 5.41) is 2.60. The fraction of sp³-hybridized carbons (Fsp3) is 0.875. The van der Waals surface area contributed by atoms with Crippen molar-refractivity contribution in [3.63, 3.8) is 0 Å². The highest BCUT2D eigenvalue weighted by atomic mass is 16.5. The Bertz CT molecular complexity index is 379. The van der Waals surface area contributed by atoms with Gasteiger partial charge >= 0.3 is 6.03 Å². The minimum absolute atomic E-state index is 0.0533. The molecule has 0 radical (unpaired) electrons. The molecular formula is C16H31N3O3. The fourth-order valence-corrected chi connectivity index (χ4v) is 2.71. The molecule has 0 bridgehead atoms. The highest BCUT2D eigenvalue weighted by Crippen LogP contribution is 2.23. The summed E-state index contributed by atoms with van der Waals surface area (Å²) >= 11 is 0. The lowest BCUT2D eigenvalue weighted by molar-refractivity contribution is -0.135. The summed E-state index contributed by atoms with van der Waals surface area (Å²) in [6.07, 6.45) is 3.99. The molecule has 0 aliphatic carbocycles. The van der Waals surface area contributed by atoms with Crippen LogP contribution in [0.15, 0.2) is 0 Å². The zero-order valence-electron chi connectivity index (χ0n) is 14.4. The third-order valence-electron chi connectivity index (χ3n) is 3.94. The number of carbonyl (C=O) groups is 2. The van der Waals surface area contributed by atoms with Gasteiger partial charge in [0.1, 0.15) is 6.04 Å². The van der Waals surface area contributed by atoms with Crippen LogP contribution in [0.5, 0.6) is 0 Å². The summed E-state index contributed by atoms with van der Waals surface area (Å²) in [5.74, 6) is -0.0533. The van der Waals surface area contributed by atoms with Crippen LogP contribution in [0, 0.1) is 5.41 Å². The van der Waals surface area contributed by atoms with Crippen LogP contribution in [0.2, 0.25) is 0 Å². The van der Waals surface area contributed by atoms with E-state index in [2.05, 4.69) is 12.2 Å². The molecule has 0 aromatic heterocycles. The topological polar surface area (TPSA) is 84.7 Å². The lowest BCUT2D eigenvalue weighted by Crippen LogP contribution is -2.56. The standard InChI is InChI=1S/C16H31N3O3/c1-5-11-22-12-7-6-9-19(10-8-12)14(20)13(16(2,3)4)18-15(17)21/h12-13H,5-11H2,1-4H3,(H3,17,18,21)/t12-,13+/m1/s1. The molecule has 1 rings (SSSR count). The maximum atomic E-state index is 12.8. The van der Waals surface area contributed by atoms with Crippen molar-refractivity contribution in [1.82, 2.24) is 10.2 Å². The van der Waals surface area contributed by atoms with E-state index >= 15 is 0 Å². The molecule has 22 heavy (non-hydrogen) atoms. The summed E-state index contributed by atoms with van der Waals surface area (Å²) in [4.78, 5) is 25.8. The predicted octanol–water partition coefficient (Wildman–Crippen LogP) is 1.88. The molecule has 0 aromatic carbocycles. The minimum atomic E-state index is -0.660. The molecule has 2 atom stereocenters. The molecule has 3 amide bonds. The third kappa shape index (κ3) is 5.83. The van der Waals surface area contributed by atoms with E-state index in [0.717, 1.165) is 32.3 Å². The molecule has 0 saturated carbocycles. The Balaban J connectivity index is 2.68. The van der Waals surface area contributed by atoms with Gasteiger partial charge in [-0.3, -0.25) is 4.79 Å². The quantitative estimate of drug-likeness (QED) is 0.812. The van der Waals surface area contributed by atoms with E-state index in [9.17, 15) is 9.59 Å². The van der Waals surface area contributed by atoms with Crippen molar-refractivity contribution < 1.29 is 14.3 Å². The van der Waals surface area contributed by atoms with Gasteiger partial charge in [0, 0.05) is 19.7 Å². The maximum Gasteiger partial charge on any atom is 0.312 e. The van der Waals surface area contributed by atoms with E-state index in [1.807, 2.05) is 25.7 Å². The zero-order chi connectivity index (χ0) is 16.8. The number of likely N-dealkylation sites (tertiary alicyclic amines) is 1. The first-order valence-corrected chi connectivity index (χ1v) is 8.22. The third-order valence-corrected chi connectivity index (χ3v) is 3.94. The molecule has 1 saturated heterocycles. The lowest BCUT2D eigenvalue weighted by Gasteiger charge is -2.34. The number of ether oxygens (including phenoxy) is 1. The van der Waals surface area contributed by atoms with E-state index < -0.39 is 12.1 Å². The second-order valence-corrected chi connectivity index (χ2v) is 7.06. The van der Waals surface area contributed by atoms with Crippen molar-refractivity contribution >= 4 is 11.9 Å². The Labute approximate surface area is 133 Å². The molecule has 1 aliphatic rings. The number of nitrogens with zero attached hydrogens (tertiary/aromatic N) is 1. The van der Waals surface area contributed by atoms with Crippen LogP contribution in [0.4, 0.5) is 4.79 Å². The van der Waals surface area contributed by atoms with Crippen LogP contribution in [-0.4, -0.2) is 48.7 Å². The van der Waals surface area contributed by atoms with Crippen molar-refractivity contribution in [2.45, 2.75) is 65.5 Å². The Kier molecular flexibility index (Phi) is 7.13. The molecule has 6 nitrogen and oxygen atoms in total. The van der Waals surface area contributed by atoms with Gasteiger partial charge in [-0.05, 0) is 31.1 Å². The maximum absolute atomic E-state index is 12.8. The molecule has 3 N–H and O–H groups in total. The van der Waals surface area contributed by atoms with Crippen LogP contribution in [-0.2, 0) is 9.53 Å². The number of nitrogens with two attached hydrogens (primary N) is 1. The molecule has 6 heteroatoms. The van der Waals surface area contributed by atoms with Crippen LogP contribution < -0.4 is 11.1 Å². The monoisotopic (exact) mass is 313 g/mol. The first-order chi connectivity index (χ1) is 10.3. The Hall–Kier alpha value is -1.30. The largest absolute Gasteiger partial charge is 0.378 e. The number of carbonyl (C=O) groups excluding carboxylic acids is 2. The van der Waals surface area contributed by atoms with Gasteiger partial charge in [-0.2, -0.15) is 0 Å². The van der Waals surface area contributed by atoms with Crippen LogP contribution in [0.25, 0.3) is 0 Å². The zero-order valence-corrected chi connectivity index (χ0v) is 14.4. The highest BCUT2D eigenvalue weighted by molar-refractivity contribution is 5.87. The molecule has 128 valence electrons. The van der Waals surface area contributed by atoms with E-state index in [1.165, 1.54) is 0 Å². The van der Waals surface area contributed by atoms with Crippen molar-refractivity contribution in [1.29, 1.82) is 0 Å². The van der Waals surface area contributed by atoms with Crippen molar-refractivity contribution in [3.8, 4) is 0 Å². The Morgan fingerprint density at radius 1 is 1.32 bits per heavy atom. The number of urea groups is 1. The van der Waals surface area contributed by atoms with Crippen molar-refractivity contribution in [2.75, 3.05) is 19.7 Å². The number of hydrogen-bond donors (Lipinski definition) is 2. The number of primary amides is 1. The molecule has 0 spiro atoms. The van der Waals surface area contributed by atoms with E-state index in [0.29, 0.717) is 13.1 Å². The van der Waals surface area contributed by atoms with Gasteiger partial charge in [0.15, 0.2) is 0 Å². The number of rotatable bonds is 5. The van der Waals surface area contributed by atoms with E-state index in [1.54, 1.807) is 0 Å². The van der Waals surface area contributed by atoms with Gasteiger partial charge in [-0.1, -0.05) is 27.7 Å². The highest BCUT2D eigenvalue weighted by Gasteiger charge is 2.35. The summed E-state index contributed by atoms with van der Waals surface area (Å²) < 4.78 is 5.80. The molecule has 1 aliphatic heterocycles. The van der Waals surface area contributed by atoms with Gasteiger partial charge in [-0.15, -0.1) is 0 Å². The summed E-state index contributed by atoms with van der Waals surface area (Å²) in [7, 11) is 0. The number of amides is 3. The van der Waals surface area contributed by atoms with Crippen LogP contribution in [0.3, 0.4) is 0 Å². The van der Waals surface area contributed by atoms with E-state index in [4.69, 9.17) is 10.5 Å². The minimum Gasteiger partial charge on any atom is -0.378 e. The predicted molar refractivity (Wildman–Crippen MR) is 86.4 cm³/mol. The number of nitrogens with one attached hydrogen (secondary N) is 1. The molecular weight excluding hydrogens is 282 g/mol. The summed E-state index contributed by atoms with van der Waals surface area (Å²) in [6.45, 7) is 10.0. The van der Waals surface area contributed by atoms with Crippen LogP contribution >= 0.6 is 0 Å². The molecule has 0 unspecified atom stereocenters. The molecule has 1 heterocycles. The van der Waals surface area contributed by atoms with E-state index in [-0.39, 0.29) is 17.4 Å². The molecule has 1 fully saturated rings. The van der Waals surface area contributed by atoms with Gasteiger partial charge in [0.05, 0.1) is 6.10 Å². The number of hydrogen-bond acceptors (Lipinski definition) is 3. The van der Waals surface area contributed by atoms with Crippen molar-refractivity contribution in [2.24, 2.45) is 11.1 Å². The second kappa shape index (κ2) is 8.36. The Morgan fingerprint density at radius 3 is 2.55 bits per heavy atom. The average Bonchev–Trinajstić information content (AvgIpc) is 2.66. The lowest BCUT2D eigenvalue weighted by atomic mass is 9.85. The average molecular weight is 313 g/mol. The first-order valence-electron chi connectivity index (χ1n) is 8.22. The summed E-state index contributed by atoms with van der Waals surface area (Å²) in [6, 6.07) is -1.26. The first kappa shape index (κ1) is 18.7. The smallest absolute Gasteiger partial charge is 0.312 e. The Morgan fingerprint density at radius 2 is 2.00 bits per heavy atom. The SMILES string of the molecule is CCCO[C@@H]1CCCN(C(=O)[C@H](NC(N)=O)C(C)(C)C)CC1. The molecule has 0 aromatic rings. The van der Waals surface area contributed by atoms with Gasteiger partial charge in [0.25, 0.3) is 0 Å². The fourth-order valence-electron chi connectivity index (χ4n) is 2.71. The van der Waals surface area contributed by atoms with Crippen LogP contribution in [0.1, 0.15) is 53.4 Å². The van der Waals surface area contributed by atoms with Gasteiger partial charge in [0.2, 0.25) is 5.91 Å². The second-order valence-electron chi connectivity index (χ2n) is 7.06.